The van der Waals surface area contributed by atoms with Gasteiger partial charge in [0, 0.05) is 18.3 Å². The highest BCUT2D eigenvalue weighted by molar-refractivity contribution is 5.92. The average Bonchev–Trinajstić information content (AvgIpc) is 2.43. The third-order valence-electron chi connectivity index (χ3n) is 3.90. The zero-order chi connectivity index (χ0) is 15.4. The molecule has 1 heterocycles. The molecule has 0 radical (unpaired) electrons. The van der Waals surface area contributed by atoms with E-state index >= 15 is 0 Å². The van der Waals surface area contributed by atoms with Gasteiger partial charge in [0.25, 0.3) is 0 Å². The molecular formula is C15H23FN4O. The molecule has 1 aromatic carbocycles. The van der Waals surface area contributed by atoms with Gasteiger partial charge in [-0.1, -0.05) is 0 Å². The van der Waals surface area contributed by atoms with Gasteiger partial charge in [0.05, 0.1) is 12.2 Å². The number of hydrogen-bond acceptors (Lipinski definition) is 4. The van der Waals surface area contributed by atoms with Gasteiger partial charge in [-0.2, -0.15) is 0 Å². The molecule has 1 aliphatic rings. The summed E-state index contributed by atoms with van der Waals surface area (Å²) in [6.07, 6.45) is 2.26. The van der Waals surface area contributed by atoms with Crippen LogP contribution in [-0.2, 0) is 4.79 Å². The minimum absolute atomic E-state index is 0.0371. The van der Waals surface area contributed by atoms with Crippen molar-refractivity contribution in [2.75, 3.05) is 44.8 Å². The summed E-state index contributed by atoms with van der Waals surface area (Å²) < 4.78 is 13.1. The Bertz CT molecular complexity index is 508. The number of likely N-dealkylation sites (tertiary alicyclic amines) is 1. The lowest BCUT2D eigenvalue weighted by Crippen LogP contribution is -2.47. The molecule has 6 heteroatoms. The van der Waals surface area contributed by atoms with Crippen LogP contribution in [0.25, 0.3) is 0 Å². The summed E-state index contributed by atoms with van der Waals surface area (Å²) >= 11 is 0. The Balaban J connectivity index is 1.87. The second kappa shape index (κ2) is 6.87. The van der Waals surface area contributed by atoms with Crippen molar-refractivity contribution in [2.24, 2.45) is 0 Å². The van der Waals surface area contributed by atoms with Gasteiger partial charge in [-0.25, -0.2) is 4.39 Å². The molecular weight excluding hydrogens is 271 g/mol. The fraction of sp³-hybridized carbons (Fsp3) is 0.533. The van der Waals surface area contributed by atoms with E-state index in [1.54, 1.807) is 0 Å². The normalized spacial score (nSPS) is 19.7. The van der Waals surface area contributed by atoms with Gasteiger partial charge in [-0.05, 0) is 51.7 Å². The van der Waals surface area contributed by atoms with E-state index < -0.39 is 5.82 Å². The van der Waals surface area contributed by atoms with Crippen molar-refractivity contribution in [1.82, 2.24) is 9.80 Å². The molecule has 0 aliphatic carbocycles. The summed E-state index contributed by atoms with van der Waals surface area (Å²) in [4.78, 5) is 16.4. The minimum atomic E-state index is -0.477. The molecule has 1 fully saturated rings. The molecule has 0 aromatic heterocycles. The summed E-state index contributed by atoms with van der Waals surface area (Å²) in [5, 5.41) is 2.75. The van der Waals surface area contributed by atoms with Crippen LogP contribution in [0.1, 0.15) is 12.8 Å². The van der Waals surface area contributed by atoms with Crippen molar-refractivity contribution in [1.29, 1.82) is 0 Å². The van der Waals surface area contributed by atoms with Crippen molar-refractivity contribution in [2.45, 2.75) is 18.9 Å². The average molecular weight is 294 g/mol. The number of rotatable bonds is 4. The number of nitrogen functional groups attached to an aromatic ring is 1. The number of benzene rings is 1. The van der Waals surface area contributed by atoms with Gasteiger partial charge >= 0.3 is 0 Å². The maximum atomic E-state index is 13.1. The molecule has 2 rings (SSSR count). The molecule has 3 N–H and O–H groups in total. The Morgan fingerprint density at radius 1 is 1.57 bits per heavy atom. The Morgan fingerprint density at radius 2 is 2.33 bits per heavy atom. The van der Waals surface area contributed by atoms with Gasteiger partial charge in [-0.15, -0.1) is 0 Å². The zero-order valence-electron chi connectivity index (χ0n) is 12.6. The van der Waals surface area contributed by atoms with Crippen LogP contribution in [0.15, 0.2) is 18.2 Å². The highest BCUT2D eigenvalue weighted by Crippen LogP contribution is 2.17. The molecule has 5 nitrogen and oxygen atoms in total. The van der Waals surface area contributed by atoms with Crippen LogP contribution in [0.3, 0.4) is 0 Å². The Kier molecular flexibility index (Phi) is 5.14. The van der Waals surface area contributed by atoms with Gasteiger partial charge in [-0.3, -0.25) is 9.69 Å². The number of hydrogen-bond donors (Lipinski definition) is 2. The first-order chi connectivity index (χ1) is 9.95. The first kappa shape index (κ1) is 15.7. The molecule has 1 aromatic rings. The maximum absolute atomic E-state index is 13.1. The van der Waals surface area contributed by atoms with Crippen LogP contribution in [0, 0.1) is 5.82 Å². The monoisotopic (exact) mass is 294 g/mol. The van der Waals surface area contributed by atoms with E-state index in [4.69, 9.17) is 5.73 Å². The van der Waals surface area contributed by atoms with E-state index in [1.807, 2.05) is 7.05 Å². The highest BCUT2D eigenvalue weighted by atomic mass is 19.1. The second-order valence-corrected chi connectivity index (χ2v) is 5.76. The van der Waals surface area contributed by atoms with Crippen molar-refractivity contribution in [3.8, 4) is 0 Å². The molecule has 0 saturated carbocycles. The molecule has 116 valence electrons. The predicted octanol–water partition coefficient (Wildman–Crippen LogP) is 1.37. The summed E-state index contributed by atoms with van der Waals surface area (Å²) in [5.41, 5.74) is 6.05. The number of carbonyl (C=O) groups excluding carboxylic acids is 1. The fourth-order valence-electron chi connectivity index (χ4n) is 2.68. The van der Waals surface area contributed by atoms with Crippen LogP contribution in [0.4, 0.5) is 15.8 Å². The lowest BCUT2D eigenvalue weighted by molar-refractivity contribution is -0.117. The van der Waals surface area contributed by atoms with Crippen molar-refractivity contribution in [3.63, 3.8) is 0 Å². The van der Waals surface area contributed by atoms with Crippen LogP contribution in [-0.4, -0.2) is 55.5 Å². The number of amides is 1. The van der Waals surface area contributed by atoms with Crippen LogP contribution >= 0.6 is 0 Å². The third-order valence-corrected chi connectivity index (χ3v) is 3.90. The Morgan fingerprint density at radius 3 is 3.00 bits per heavy atom. The Hall–Kier alpha value is -1.66. The number of nitrogens with two attached hydrogens (primary N) is 1. The van der Waals surface area contributed by atoms with Gasteiger partial charge in [0.2, 0.25) is 5.91 Å². The number of nitrogens with zero attached hydrogens (tertiary/aromatic N) is 2. The van der Waals surface area contributed by atoms with Crippen LogP contribution in [0.2, 0.25) is 0 Å². The lowest BCUT2D eigenvalue weighted by atomic mass is 10.1. The van der Waals surface area contributed by atoms with Gasteiger partial charge in [0.1, 0.15) is 5.82 Å². The molecule has 1 aliphatic heterocycles. The van der Waals surface area contributed by atoms with E-state index in [2.05, 4.69) is 22.2 Å². The standard InChI is InChI=1S/C15H23FN4O/c1-19-7-3-4-12(9-19)20(2)10-15(21)18-11-5-6-13(16)14(17)8-11/h5-6,8,12H,3-4,7,9-10,17H2,1-2H3,(H,18,21). The fourth-order valence-corrected chi connectivity index (χ4v) is 2.68. The quantitative estimate of drug-likeness (QED) is 0.824. The van der Waals surface area contributed by atoms with Crippen molar-refractivity contribution in [3.05, 3.63) is 24.0 Å². The topological polar surface area (TPSA) is 61.6 Å². The molecule has 1 saturated heterocycles. The highest BCUT2D eigenvalue weighted by Gasteiger charge is 2.22. The Labute approximate surface area is 124 Å². The van der Waals surface area contributed by atoms with Crippen molar-refractivity contribution >= 4 is 17.3 Å². The zero-order valence-corrected chi connectivity index (χ0v) is 12.6. The van der Waals surface area contributed by atoms with Crippen LogP contribution in [0.5, 0.6) is 0 Å². The first-order valence-electron chi connectivity index (χ1n) is 7.19. The summed E-state index contributed by atoms with van der Waals surface area (Å²) in [6, 6.07) is 4.59. The summed E-state index contributed by atoms with van der Waals surface area (Å²) in [6.45, 7) is 2.41. The van der Waals surface area contributed by atoms with E-state index in [1.165, 1.54) is 18.2 Å². The minimum Gasteiger partial charge on any atom is -0.396 e. The first-order valence-corrected chi connectivity index (χ1v) is 7.19. The van der Waals surface area contributed by atoms with E-state index in [-0.39, 0.29) is 11.6 Å². The molecule has 21 heavy (non-hydrogen) atoms. The smallest absolute Gasteiger partial charge is 0.238 e. The van der Waals surface area contributed by atoms with Gasteiger partial charge in [0.15, 0.2) is 0 Å². The molecule has 1 amide bonds. The summed E-state index contributed by atoms with van der Waals surface area (Å²) in [7, 11) is 4.06. The second-order valence-electron chi connectivity index (χ2n) is 5.76. The summed E-state index contributed by atoms with van der Waals surface area (Å²) in [5.74, 6) is -0.591. The number of anilines is 2. The van der Waals surface area contributed by atoms with E-state index in [0.29, 0.717) is 18.3 Å². The van der Waals surface area contributed by atoms with Gasteiger partial charge < -0.3 is 16.0 Å². The largest absolute Gasteiger partial charge is 0.396 e. The number of halogens is 1. The lowest BCUT2D eigenvalue weighted by Gasteiger charge is -2.35. The molecule has 0 spiro atoms. The number of nitrogens with one attached hydrogen (secondary N) is 1. The number of carbonyl (C=O) groups is 1. The SMILES string of the molecule is CN1CCCC(N(C)CC(=O)Nc2ccc(F)c(N)c2)C1. The van der Waals surface area contributed by atoms with Crippen LogP contribution < -0.4 is 11.1 Å². The van der Waals surface area contributed by atoms with Crippen molar-refractivity contribution < 1.29 is 9.18 Å². The molecule has 1 unspecified atom stereocenters. The molecule has 1 atom stereocenters. The molecule has 0 bridgehead atoms. The maximum Gasteiger partial charge on any atom is 0.238 e. The van der Waals surface area contributed by atoms with E-state index in [0.717, 1.165) is 25.9 Å². The van der Waals surface area contributed by atoms with E-state index in [9.17, 15) is 9.18 Å². The third kappa shape index (κ3) is 4.41. The number of piperidine rings is 1. The predicted molar refractivity (Wildman–Crippen MR) is 82.6 cm³/mol. The number of likely N-dealkylation sites (N-methyl/N-ethyl adjacent to an activating group) is 2.